The zero-order chi connectivity index (χ0) is 36.1. The number of nitrogen functional groups attached to an aromatic ring is 2. The van der Waals surface area contributed by atoms with Crippen LogP contribution in [0.2, 0.25) is 0 Å². The fraction of sp³-hybridized carbons (Fsp3) is 0.278. The van der Waals surface area contributed by atoms with E-state index in [1.54, 1.807) is 65.8 Å². The third-order valence-electron chi connectivity index (χ3n) is 8.29. The first-order chi connectivity index (χ1) is 22.5. The Balaban J connectivity index is 0.000000481. The number of nitrogens with two attached hydrogens (primary N) is 2. The van der Waals surface area contributed by atoms with Gasteiger partial charge in [-0.3, -0.25) is 10.6 Å². The molecule has 0 aromatic heterocycles. The first-order valence-corrected chi connectivity index (χ1v) is 15.2. The fourth-order valence-electron chi connectivity index (χ4n) is 5.73. The van der Waals surface area contributed by atoms with Gasteiger partial charge in [0, 0.05) is 22.3 Å². The maximum Gasteiger partial charge on any atom is 1.00 e. The van der Waals surface area contributed by atoms with Crippen LogP contribution in [0.4, 0.5) is 11.4 Å². The number of phenols is 4. The monoisotopic (exact) mass is 704 g/mol. The number of carbonyl (C=O) groups is 2. The molecule has 4 aromatic rings. The summed E-state index contributed by atoms with van der Waals surface area (Å²) in [6.45, 7) is 10.9. The normalized spacial score (nSPS) is 12.9. The van der Waals surface area contributed by atoms with Crippen LogP contribution in [0.1, 0.15) is 58.4 Å². The molecule has 4 rings (SSSR count). The summed E-state index contributed by atoms with van der Waals surface area (Å²) in [5.41, 5.74) is 11.0. The molecule has 2 unspecified atom stereocenters. The van der Waals surface area contributed by atoms with Crippen LogP contribution in [0.5, 0.6) is 23.0 Å². The zero-order valence-electron chi connectivity index (χ0n) is 29.8. The van der Waals surface area contributed by atoms with Crippen molar-refractivity contribution in [2.45, 2.75) is 52.6 Å². The van der Waals surface area contributed by atoms with Crippen molar-refractivity contribution in [2.75, 3.05) is 24.6 Å². The molecule has 2 atom stereocenters. The van der Waals surface area contributed by atoms with Gasteiger partial charge in [-0.2, -0.15) is 0 Å². The summed E-state index contributed by atoms with van der Waals surface area (Å²) in [5, 5.41) is 71.6. The van der Waals surface area contributed by atoms with Crippen LogP contribution < -0.4 is 91.4 Å². The number of benzene rings is 4. The van der Waals surface area contributed by atoms with Crippen LogP contribution in [0.25, 0.3) is 0 Å². The van der Waals surface area contributed by atoms with E-state index < -0.39 is 23.0 Å². The number of anilines is 2. The quantitative estimate of drug-likeness (QED) is 0.0446. The second-order valence-electron chi connectivity index (χ2n) is 11.6. The molecule has 0 saturated heterocycles. The second kappa shape index (κ2) is 18.2. The zero-order valence-corrected chi connectivity index (χ0v) is 33.8. The number of phenolic OH excluding ortho intramolecular Hbond substituents is 4. The van der Waals surface area contributed by atoms with Crippen molar-refractivity contribution >= 4 is 23.3 Å². The van der Waals surface area contributed by atoms with Crippen LogP contribution in [0.15, 0.2) is 60.7 Å². The van der Waals surface area contributed by atoms with E-state index in [4.69, 9.17) is 11.5 Å². The van der Waals surface area contributed by atoms with Crippen molar-refractivity contribution in [1.29, 1.82) is 0 Å². The minimum absolute atomic E-state index is 0. The minimum atomic E-state index is -1.93. The van der Waals surface area contributed by atoms with Gasteiger partial charge in [-0.15, -0.1) is 0 Å². The Kier molecular flexibility index (Phi) is 16.2. The number of carbonyl (C=O) groups excluding carboxylic acids is 2. The summed E-state index contributed by atoms with van der Waals surface area (Å²) in [6.07, 6.45) is 0. The van der Waals surface area contributed by atoms with Crippen LogP contribution in [0.3, 0.4) is 0 Å². The van der Waals surface area contributed by atoms with Crippen molar-refractivity contribution in [1.82, 2.24) is 10.6 Å². The molecule has 4 aromatic carbocycles. The fourth-order valence-corrected chi connectivity index (χ4v) is 5.73. The number of hydrogen-bond acceptors (Lipinski definition) is 12. The Hall–Kier alpha value is -3.46. The maximum atomic E-state index is 12.2. The number of nitrogens with one attached hydrogen (secondary N) is 2. The Morgan fingerprint density at radius 3 is 1.16 bits per heavy atom. The molecule has 256 valence electrons. The van der Waals surface area contributed by atoms with Crippen LogP contribution >= 0.6 is 0 Å². The number of rotatable bonds is 10. The standard InChI is InChI=1S/2C18H22N2O4.2Na/c2*1-4-20-18(17(23)24,12-7-5-10(2)9-14(12)21)13-8-6-11(3)15(19)16(13)22;;/h2*5-9,20-22H,4,19H2,1-3H3,(H,23,24);;/q;;2*+1/p-2. The Morgan fingerprint density at radius 1 is 0.600 bits per heavy atom. The van der Waals surface area contributed by atoms with Crippen molar-refractivity contribution < 1.29 is 99.3 Å². The Morgan fingerprint density at radius 2 is 0.900 bits per heavy atom. The van der Waals surface area contributed by atoms with Gasteiger partial charge in [-0.05, 0) is 75.2 Å². The number of carboxylic acid groups (broad SMARTS) is 2. The van der Waals surface area contributed by atoms with Gasteiger partial charge in [-0.1, -0.05) is 62.4 Å². The third kappa shape index (κ3) is 8.35. The predicted octanol–water partition coefficient (Wildman–Crippen LogP) is -4.19. The van der Waals surface area contributed by atoms with E-state index >= 15 is 0 Å². The molecule has 50 heavy (non-hydrogen) atoms. The maximum absolute atomic E-state index is 12.2. The predicted molar refractivity (Wildman–Crippen MR) is 179 cm³/mol. The molecule has 10 N–H and O–H groups in total. The minimum Gasteiger partial charge on any atom is -0.547 e. The molecule has 12 nitrogen and oxygen atoms in total. The molecule has 0 radical (unpaired) electrons. The molecule has 0 spiro atoms. The number of hydrogen-bond donors (Lipinski definition) is 8. The van der Waals surface area contributed by atoms with E-state index in [1.165, 1.54) is 36.4 Å². The van der Waals surface area contributed by atoms with Crippen LogP contribution in [-0.2, 0) is 20.7 Å². The molecule has 0 aliphatic heterocycles. The molecule has 0 fully saturated rings. The molecular weight excluding hydrogens is 662 g/mol. The molecule has 0 saturated carbocycles. The van der Waals surface area contributed by atoms with Crippen LogP contribution in [0, 0.1) is 27.7 Å². The van der Waals surface area contributed by atoms with E-state index in [0.29, 0.717) is 11.1 Å². The average molecular weight is 705 g/mol. The summed E-state index contributed by atoms with van der Waals surface area (Å²) in [6, 6.07) is 15.4. The number of aromatic hydroxyl groups is 4. The van der Waals surface area contributed by atoms with Gasteiger partial charge in [0.2, 0.25) is 0 Å². The summed E-state index contributed by atoms with van der Waals surface area (Å²) >= 11 is 0. The molecule has 0 aliphatic rings. The summed E-state index contributed by atoms with van der Waals surface area (Å²) in [7, 11) is 0. The SMILES string of the molecule is CCNC(C(=O)[O-])(c1ccc(C)cc1O)c1ccc(C)c(N)c1O.CCNC(C(=O)[O-])(c1ccc(C)cc1O)c1ccc(C)c(N)c1O.[Na+].[Na+]. The van der Waals surface area contributed by atoms with Gasteiger partial charge in [0.25, 0.3) is 0 Å². The second-order valence-corrected chi connectivity index (χ2v) is 11.6. The Labute approximate surface area is 336 Å². The van der Waals surface area contributed by atoms with Crippen molar-refractivity contribution in [3.8, 4) is 23.0 Å². The number of likely N-dealkylation sites (N-methyl/N-ethyl adjacent to an activating group) is 2. The van der Waals surface area contributed by atoms with Crippen molar-refractivity contribution in [3.63, 3.8) is 0 Å². The first kappa shape index (κ1) is 44.6. The van der Waals surface area contributed by atoms with E-state index in [-0.39, 0.29) is 129 Å². The van der Waals surface area contributed by atoms with Gasteiger partial charge >= 0.3 is 59.1 Å². The number of aryl methyl sites for hydroxylation is 4. The molecule has 14 heteroatoms. The molecule has 0 amide bonds. The summed E-state index contributed by atoms with van der Waals surface area (Å²) in [4.78, 5) is 24.3. The van der Waals surface area contributed by atoms with Gasteiger partial charge < -0.3 is 51.7 Å². The van der Waals surface area contributed by atoms with Gasteiger partial charge in [0.1, 0.15) is 34.1 Å². The molecular formula is C36H42N4Na2O8. The third-order valence-corrected chi connectivity index (χ3v) is 8.29. The largest absolute Gasteiger partial charge is 1.00 e. The number of aliphatic carboxylic acids is 2. The topological polar surface area (TPSA) is 237 Å². The van der Waals surface area contributed by atoms with Gasteiger partial charge in [-0.25, -0.2) is 0 Å². The molecule has 0 aliphatic carbocycles. The van der Waals surface area contributed by atoms with Gasteiger partial charge in [0.05, 0.1) is 23.3 Å². The first-order valence-electron chi connectivity index (χ1n) is 15.2. The van der Waals surface area contributed by atoms with Crippen molar-refractivity contribution in [3.05, 3.63) is 105 Å². The van der Waals surface area contributed by atoms with Gasteiger partial charge in [0.15, 0.2) is 0 Å². The van der Waals surface area contributed by atoms with Crippen LogP contribution in [-0.4, -0.2) is 45.5 Å². The van der Waals surface area contributed by atoms with E-state index in [0.717, 1.165) is 11.1 Å². The molecule has 0 heterocycles. The van der Waals surface area contributed by atoms with Crippen molar-refractivity contribution in [2.24, 2.45) is 0 Å². The average Bonchev–Trinajstić information content (AvgIpc) is 3.01. The number of carboxylic acids is 2. The summed E-state index contributed by atoms with van der Waals surface area (Å²) < 4.78 is 0. The molecule has 0 bridgehead atoms. The van der Waals surface area contributed by atoms with E-state index in [9.17, 15) is 40.2 Å². The van der Waals surface area contributed by atoms with E-state index in [1.807, 2.05) is 0 Å². The smallest absolute Gasteiger partial charge is 0.547 e. The van der Waals surface area contributed by atoms with E-state index in [2.05, 4.69) is 10.6 Å². The summed E-state index contributed by atoms with van der Waals surface area (Å²) in [5.74, 6) is -4.11. The Bertz CT molecular complexity index is 1720.